The number of benzene rings is 2. The van der Waals surface area contributed by atoms with Crippen molar-refractivity contribution >= 4 is 16.8 Å². The molecule has 1 unspecified atom stereocenters. The van der Waals surface area contributed by atoms with Crippen molar-refractivity contribution in [2.75, 3.05) is 20.3 Å². The van der Waals surface area contributed by atoms with Gasteiger partial charge in [0.2, 0.25) is 5.91 Å². The first-order chi connectivity index (χ1) is 15.0. The second-order valence-corrected chi connectivity index (χ2v) is 7.72. The average Bonchev–Trinajstić information content (AvgIpc) is 2.77. The van der Waals surface area contributed by atoms with Crippen molar-refractivity contribution in [2.24, 2.45) is 0 Å². The van der Waals surface area contributed by atoms with Crippen molar-refractivity contribution in [2.45, 2.75) is 46.1 Å². The summed E-state index contributed by atoms with van der Waals surface area (Å²) in [6, 6.07) is 14.8. The molecule has 0 fully saturated rings. The first-order valence-corrected chi connectivity index (χ1v) is 10.9. The summed E-state index contributed by atoms with van der Waals surface area (Å²) in [4.78, 5) is 33.3. The molecule has 0 aliphatic heterocycles. The number of para-hydroxylation sites is 1. The van der Waals surface area contributed by atoms with Crippen molar-refractivity contribution in [1.29, 1.82) is 0 Å². The monoisotopic (exact) mass is 421 g/mol. The van der Waals surface area contributed by atoms with E-state index in [0.717, 1.165) is 17.7 Å². The average molecular weight is 422 g/mol. The van der Waals surface area contributed by atoms with Gasteiger partial charge in [-0.15, -0.1) is 0 Å². The fraction of sp³-hybridized carbons (Fsp3) is 0.400. The summed E-state index contributed by atoms with van der Waals surface area (Å²) in [5.41, 5.74) is 2.37. The molecule has 0 radical (unpaired) electrons. The molecule has 0 aliphatic rings. The van der Waals surface area contributed by atoms with E-state index in [4.69, 9.17) is 9.72 Å². The molecule has 1 heterocycles. The molecule has 1 amide bonds. The van der Waals surface area contributed by atoms with Gasteiger partial charge in [0, 0.05) is 20.1 Å². The minimum absolute atomic E-state index is 0.0456. The summed E-state index contributed by atoms with van der Waals surface area (Å²) in [5.74, 6) is 0.625. The molecule has 31 heavy (non-hydrogen) atoms. The smallest absolute Gasteiger partial charge is 0.266 e. The van der Waals surface area contributed by atoms with Crippen LogP contribution in [0.2, 0.25) is 0 Å². The van der Waals surface area contributed by atoms with Crippen molar-refractivity contribution in [3.05, 3.63) is 70.3 Å². The molecule has 0 bridgehead atoms. The number of hydrogen-bond acceptors (Lipinski definition) is 4. The van der Waals surface area contributed by atoms with E-state index in [-0.39, 0.29) is 17.5 Å². The summed E-state index contributed by atoms with van der Waals surface area (Å²) in [5, 5.41) is 0.560. The lowest BCUT2D eigenvalue weighted by molar-refractivity contribution is -0.134. The lowest BCUT2D eigenvalue weighted by Crippen LogP contribution is -2.40. The van der Waals surface area contributed by atoms with Gasteiger partial charge in [-0.2, -0.15) is 0 Å². The third-order valence-electron chi connectivity index (χ3n) is 5.48. The molecule has 1 aromatic heterocycles. The van der Waals surface area contributed by atoms with E-state index in [1.54, 1.807) is 17.7 Å². The van der Waals surface area contributed by atoms with Gasteiger partial charge in [0.1, 0.15) is 5.82 Å². The molecule has 2 aromatic carbocycles. The van der Waals surface area contributed by atoms with Crippen LogP contribution < -0.4 is 5.56 Å². The molecule has 0 aliphatic carbocycles. The Kier molecular flexibility index (Phi) is 7.58. The Hall–Kier alpha value is -2.99. The standard InChI is InChI=1S/C25H31N3O3/c1-5-9-23(29)27(16-17-31-4)22(6-2)24-26-21-11-8-7-10-20(21)25(30)28(24)19-14-12-18(3)13-15-19/h7-8,10-15,22H,5-6,9,16-17H2,1-4H3. The van der Waals surface area contributed by atoms with Crippen LogP contribution in [-0.4, -0.2) is 40.6 Å². The van der Waals surface area contributed by atoms with Crippen molar-refractivity contribution in [1.82, 2.24) is 14.5 Å². The minimum Gasteiger partial charge on any atom is -0.383 e. The maximum Gasteiger partial charge on any atom is 0.266 e. The largest absolute Gasteiger partial charge is 0.383 e. The van der Waals surface area contributed by atoms with E-state index >= 15 is 0 Å². The molecule has 164 valence electrons. The topological polar surface area (TPSA) is 64.4 Å². The van der Waals surface area contributed by atoms with E-state index in [1.807, 2.05) is 68.1 Å². The predicted molar refractivity (Wildman–Crippen MR) is 124 cm³/mol. The first kappa shape index (κ1) is 22.7. The zero-order chi connectivity index (χ0) is 22.4. The molecular weight excluding hydrogens is 390 g/mol. The van der Waals surface area contributed by atoms with Gasteiger partial charge in [0.15, 0.2) is 0 Å². The summed E-state index contributed by atoms with van der Waals surface area (Å²) < 4.78 is 6.93. The highest BCUT2D eigenvalue weighted by Crippen LogP contribution is 2.26. The molecule has 0 N–H and O–H groups in total. The van der Waals surface area contributed by atoms with E-state index in [1.165, 1.54) is 0 Å². The lowest BCUT2D eigenvalue weighted by atomic mass is 10.1. The molecule has 6 heteroatoms. The molecule has 3 rings (SSSR count). The number of rotatable bonds is 9. The molecule has 3 aromatic rings. The number of aromatic nitrogens is 2. The van der Waals surface area contributed by atoms with E-state index in [0.29, 0.717) is 42.7 Å². The lowest BCUT2D eigenvalue weighted by Gasteiger charge is -2.32. The Bertz CT molecular complexity index is 1090. The molecular formula is C25H31N3O3. The summed E-state index contributed by atoms with van der Waals surface area (Å²) in [6.07, 6.45) is 1.84. The number of carbonyl (C=O) groups excluding carboxylic acids is 1. The third-order valence-corrected chi connectivity index (χ3v) is 5.48. The van der Waals surface area contributed by atoms with Crippen LogP contribution in [0.1, 0.15) is 50.5 Å². The van der Waals surface area contributed by atoms with Gasteiger partial charge in [-0.3, -0.25) is 14.2 Å². The summed E-state index contributed by atoms with van der Waals surface area (Å²) in [7, 11) is 1.62. The predicted octanol–water partition coefficient (Wildman–Crippen LogP) is 4.42. The van der Waals surface area contributed by atoms with E-state index in [9.17, 15) is 9.59 Å². The number of hydrogen-bond donors (Lipinski definition) is 0. The number of nitrogens with zero attached hydrogens (tertiary/aromatic N) is 3. The highest BCUT2D eigenvalue weighted by Gasteiger charge is 2.28. The Balaban J connectivity index is 2.26. The fourth-order valence-electron chi connectivity index (χ4n) is 3.86. The Morgan fingerprint density at radius 2 is 1.84 bits per heavy atom. The van der Waals surface area contributed by atoms with Crippen LogP contribution in [0.3, 0.4) is 0 Å². The SMILES string of the molecule is CCCC(=O)N(CCOC)C(CC)c1nc2ccccc2c(=O)n1-c1ccc(C)cc1. The van der Waals surface area contributed by atoms with Gasteiger partial charge in [-0.25, -0.2) is 4.98 Å². The van der Waals surface area contributed by atoms with E-state index < -0.39 is 0 Å². The van der Waals surface area contributed by atoms with Gasteiger partial charge < -0.3 is 9.64 Å². The van der Waals surface area contributed by atoms with Crippen molar-refractivity contribution < 1.29 is 9.53 Å². The van der Waals surface area contributed by atoms with Crippen LogP contribution in [0, 0.1) is 6.92 Å². The summed E-state index contributed by atoms with van der Waals surface area (Å²) >= 11 is 0. The number of methoxy groups -OCH3 is 1. The van der Waals surface area contributed by atoms with Crippen LogP contribution in [0.15, 0.2) is 53.3 Å². The first-order valence-electron chi connectivity index (χ1n) is 10.9. The second-order valence-electron chi connectivity index (χ2n) is 7.72. The fourth-order valence-corrected chi connectivity index (χ4v) is 3.86. The molecule has 1 atom stereocenters. The van der Waals surface area contributed by atoms with Crippen LogP contribution in [0.4, 0.5) is 0 Å². The van der Waals surface area contributed by atoms with Crippen molar-refractivity contribution in [3.8, 4) is 5.69 Å². The molecule has 0 spiro atoms. The van der Waals surface area contributed by atoms with Crippen LogP contribution in [0.25, 0.3) is 16.6 Å². The number of fused-ring (bicyclic) bond motifs is 1. The molecule has 0 saturated heterocycles. The Morgan fingerprint density at radius 1 is 1.13 bits per heavy atom. The number of carbonyl (C=O) groups is 1. The molecule has 6 nitrogen and oxygen atoms in total. The molecule has 0 saturated carbocycles. The Morgan fingerprint density at radius 3 is 2.48 bits per heavy atom. The number of aryl methyl sites for hydroxylation is 1. The zero-order valence-electron chi connectivity index (χ0n) is 18.8. The quantitative estimate of drug-likeness (QED) is 0.513. The van der Waals surface area contributed by atoms with Gasteiger partial charge in [0.05, 0.1) is 29.2 Å². The van der Waals surface area contributed by atoms with Gasteiger partial charge in [-0.1, -0.05) is 43.7 Å². The maximum atomic E-state index is 13.6. The maximum absolute atomic E-state index is 13.6. The number of amides is 1. The highest BCUT2D eigenvalue weighted by atomic mass is 16.5. The minimum atomic E-state index is -0.340. The van der Waals surface area contributed by atoms with Gasteiger partial charge in [-0.05, 0) is 44.0 Å². The second kappa shape index (κ2) is 10.4. The number of ether oxygens (including phenoxy) is 1. The Labute approximate surface area is 183 Å². The normalized spacial score (nSPS) is 12.1. The van der Waals surface area contributed by atoms with Gasteiger partial charge >= 0.3 is 0 Å². The summed E-state index contributed by atoms with van der Waals surface area (Å²) in [6.45, 7) is 6.89. The zero-order valence-corrected chi connectivity index (χ0v) is 18.8. The van der Waals surface area contributed by atoms with Crippen LogP contribution in [-0.2, 0) is 9.53 Å². The van der Waals surface area contributed by atoms with Gasteiger partial charge in [0.25, 0.3) is 5.56 Å². The highest BCUT2D eigenvalue weighted by molar-refractivity contribution is 5.79. The van der Waals surface area contributed by atoms with Crippen LogP contribution in [0.5, 0.6) is 0 Å². The van der Waals surface area contributed by atoms with Crippen molar-refractivity contribution in [3.63, 3.8) is 0 Å². The van der Waals surface area contributed by atoms with E-state index in [2.05, 4.69) is 0 Å². The third kappa shape index (κ3) is 4.85. The van der Waals surface area contributed by atoms with Crippen LogP contribution >= 0.6 is 0 Å².